The van der Waals surface area contributed by atoms with Gasteiger partial charge in [-0.25, -0.2) is 4.52 Å². The molecule has 3 N–H and O–H groups in total. The second-order valence-electron chi connectivity index (χ2n) is 6.56. The molecule has 25 heavy (non-hydrogen) atoms. The number of aromatic nitrogens is 3. The van der Waals surface area contributed by atoms with Gasteiger partial charge in [-0.05, 0) is 69.4 Å². The second kappa shape index (κ2) is 7.23. The first kappa shape index (κ1) is 17.3. The van der Waals surface area contributed by atoms with Crippen LogP contribution in [0.2, 0.25) is 5.28 Å². The van der Waals surface area contributed by atoms with Crippen LogP contribution in [0.1, 0.15) is 29.7 Å². The first-order valence-electron chi connectivity index (χ1n) is 8.35. The molecule has 1 saturated carbocycles. The Kier molecular flexibility index (Phi) is 4.99. The Balaban J connectivity index is 1.60. The van der Waals surface area contributed by atoms with E-state index in [1.807, 2.05) is 6.07 Å². The summed E-state index contributed by atoms with van der Waals surface area (Å²) in [6, 6.07) is 6.40. The largest absolute Gasteiger partial charge is 0.363 e. The summed E-state index contributed by atoms with van der Waals surface area (Å²) in [4.78, 5) is 5.61. The molecule has 0 spiro atoms. The molecule has 0 radical (unpaired) electrons. The number of nitrogens with zero attached hydrogens (tertiary/aromatic N) is 3. The van der Waals surface area contributed by atoms with Crippen LogP contribution in [0.4, 0.5) is 5.82 Å². The Morgan fingerprint density at radius 3 is 3.04 bits per heavy atom. The van der Waals surface area contributed by atoms with Crippen LogP contribution in [0.15, 0.2) is 28.2 Å². The zero-order chi connectivity index (χ0) is 17.4. The second-order valence-corrected chi connectivity index (χ2v) is 8.68. The van der Waals surface area contributed by atoms with Crippen LogP contribution in [-0.4, -0.2) is 20.6 Å². The number of nitrogens with one attached hydrogen (secondary N) is 1. The number of hydrogen-bond acceptors (Lipinski definition) is 5. The molecule has 5 nitrogen and oxygen atoms in total. The van der Waals surface area contributed by atoms with E-state index in [0.717, 1.165) is 40.3 Å². The SMILES string of the molecule is N[C@H](Cc1cc2c(NCc3cccs3)nc(Cl)nn2c1Br)CC1CC1. The van der Waals surface area contributed by atoms with Crippen molar-refractivity contribution in [1.29, 1.82) is 0 Å². The standard InChI is InChI=1S/C17H19BrClN5S/c18-15-11(7-12(20)6-10-3-4-10)8-14-16(22-17(19)23-24(14)15)21-9-13-2-1-5-25-13/h1-2,5,8,10,12H,3-4,6-7,9,20H2,(H,21,22,23)/t12-/m0/s1. The third-order valence-corrected chi connectivity index (χ3v) is 6.33. The number of rotatable bonds is 7. The quantitative estimate of drug-likeness (QED) is 0.568. The molecule has 1 aliphatic carbocycles. The predicted molar refractivity (Wildman–Crippen MR) is 106 cm³/mol. The minimum absolute atomic E-state index is 0.173. The molecule has 1 aliphatic rings. The summed E-state index contributed by atoms with van der Waals surface area (Å²) in [6.45, 7) is 0.708. The van der Waals surface area contributed by atoms with Gasteiger partial charge in [-0.15, -0.1) is 16.4 Å². The maximum atomic E-state index is 6.32. The molecule has 8 heteroatoms. The molecule has 0 saturated heterocycles. The average Bonchev–Trinajstić information content (AvgIpc) is 3.13. The maximum Gasteiger partial charge on any atom is 0.243 e. The molecule has 1 fully saturated rings. The van der Waals surface area contributed by atoms with Gasteiger partial charge in [-0.1, -0.05) is 18.9 Å². The van der Waals surface area contributed by atoms with E-state index in [2.05, 4.69) is 48.8 Å². The van der Waals surface area contributed by atoms with Gasteiger partial charge in [0.15, 0.2) is 5.82 Å². The number of thiophene rings is 1. The summed E-state index contributed by atoms with van der Waals surface area (Å²) >= 11 is 11.5. The van der Waals surface area contributed by atoms with Gasteiger partial charge in [0.25, 0.3) is 0 Å². The monoisotopic (exact) mass is 439 g/mol. The van der Waals surface area contributed by atoms with E-state index in [1.165, 1.54) is 17.7 Å². The van der Waals surface area contributed by atoms with Crippen molar-refractivity contribution in [2.24, 2.45) is 11.7 Å². The van der Waals surface area contributed by atoms with Crippen molar-refractivity contribution in [2.75, 3.05) is 5.32 Å². The van der Waals surface area contributed by atoms with Crippen LogP contribution in [-0.2, 0) is 13.0 Å². The van der Waals surface area contributed by atoms with Crippen molar-refractivity contribution in [2.45, 2.75) is 38.3 Å². The van der Waals surface area contributed by atoms with E-state index >= 15 is 0 Å². The Labute approximate surface area is 163 Å². The zero-order valence-corrected chi connectivity index (χ0v) is 16.7. The molecular weight excluding hydrogens is 422 g/mol. The summed E-state index contributed by atoms with van der Waals surface area (Å²) in [5, 5.41) is 9.97. The zero-order valence-electron chi connectivity index (χ0n) is 13.6. The third-order valence-electron chi connectivity index (χ3n) is 4.44. The van der Waals surface area contributed by atoms with Crippen molar-refractivity contribution in [1.82, 2.24) is 14.6 Å². The fourth-order valence-electron chi connectivity index (χ4n) is 3.05. The van der Waals surface area contributed by atoms with Crippen molar-refractivity contribution in [3.63, 3.8) is 0 Å². The van der Waals surface area contributed by atoms with Gasteiger partial charge in [0.2, 0.25) is 5.28 Å². The van der Waals surface area contributed by atoms with Crippen molar-refractivity contribution >= 4 is 50.2 Å². The van der Waals surface area contributed by atoms with Gasteiger partial charge >= 0.3 is 0 Å². The lowest BCUT2D eigenvalue weighted by Gasteiger charge is -2.09. The van der Waals surface area contributed by atoms with Crippen molar-refractivity contribution < 1.29 is 0 Å². The summed E-state index contributed by atoms with van der Waals surface area (Å²) in [5.41, 5.74) is 8.37. The van der Waals surface area contributed by atoms with Crippen molar-refractivity contribution in [3.05, 3.63) is 43.9 Å². The van der Waals surface area contributed by atoms with Gasteiger partial charge in [-0.2, -0.15) is 4.98 Å². The van der Waals surface area contributed by atoms with Crippen LogP contribution in [0.5, 0.6) is 0 Å². The molecule has 4 rings (SSSR count). The highest BCUT2D eigenvalue weighted by Crippen LogP contribution is 2.34. The highest BCUT2D eigenvalue weighted by molar-refractivity contribution is 9.10. The summed E-state index contributed by atoms with van der Waals surface area (Å²) < 4.78 is 2.70. The highest BCUT2D eigenvalue weighted by Gasteiger charge is 2.25. The lowest BCUT2D eigenvalue weighted by molar-refractivity contribution is 0.565. The van der Waals surface area contributed by atoms with Crippen LogP contribution in [0.25, 0.3) is 5.52 Å². The molecule has 0 aliphatic heterocycles. The van der Waals surface area contributed by atoms with Gasteiger partial charge in [0.05, 0.1) is 6.54 Å². The van der Waals surface area contributed by atoms with Crippen molar-refractivity contribution in [3.8, 4) is 0 Å². The fourth-order valence-corrected chi connectivity index (χ4v) is 4.40. The summed E-state index contributed by atoms with van der Waals surface area (Å²) in [7, 11) is 0. The van der Waals surface area contributed by atoms with E-state index < -0.39 is 0 Å². The minimum Gasteiger partial charge on any atom is -0.363 e. The van der Waals surface area contributed by atoms with Gasteiger partial charge in [-0.3, -0.25) is 0 Å². The first-order chi connectivity index (χ1) is 12.1. The highest BCUT2D eigenvalue weighted by atomic mass is 79.9. The minimum atomic E-state index is 0.173. The number of anilines is 1. The molecule has 0 aromatic carbocycles. The van der Waals surface area contributed by atoms with E-state index in [-0.39, 0.29) is 11.3 Å². The van der Waals surface area contributed by atoms with E-state index in [4.69, 9.17) is 17.3 Å². The molecule has 0 unspecified atom stereocenters. The molecule has 3 aromatic rings. The third kappa shape index (κ3) is 4.00. The normalized spacial score (nSPS) is 15.6. The van der Waals surface area contributed by atoms with Crippen LogP contribution in [0, 0.1) is 5.92 Å². The first-order valence-corrected chi connectivity index (χ1v) is 10.4. The Morgan fingerprint density at radius 2 is 2.32 bits per heavy atom. The Hall–Kier alpha value is -1.15. The average molecular weight is 441 g/mol. The number of nitrogens with two attached hydrogens (primary N) is 1. The van der Waals surface area contributed by atoms with Crippen LogP contribution in [0.3, 0.4) is 0 Å². The fraction of sp³-hybridized carbons (Fsp3) is 0.412. The molecule has 0 amide bonds. The topological polar surface area (TPSA) is 68.2 Å². The van der Waals surface area contributed by atoms with Gasteiger partial charge < -0.3 is 11.1 Å². The molecular formula is C17H19BrClN5S. The van der Waals surface area contributed by atoms with E-state index in [1.54, 1.807) is 15.9 Å². The summed E-state index contributed by atoms with van der Waals surface area (Å²) in [5.74, 6) is 1.55. The van der Waals surface area contributed by atoms with Crippen LogP contribution >= 0.6 is 38.9 Å². The summed E-state index contributed by atoms with van der Waals surface area (Å²) in [6.07, 6.45) is 4.56. The Morgan fingerprint density at radius 1 is 1.48 bits per heavy atom. The molecule has 3 heterocycles. The number of fused-ring (bicyclic) bond motifs is 1. The maximum absolute atomic E-state index is 6.32. The molecule has 1 atom stereocenters. The lowest BCUT2D eigenvalue weighted by Crippen LogP contribution is -2.23. The van der Waals surface area contributed by atoms with E-state index in [0.29, 0.717) is 6.54 Å². The predicted octanol–water partition coefficient (Wildman–Crippen LogP) is 4.49. The lowest BCUT2D eigenvalue weighted by atomic mass is 10.0. The number of hydrogen-bond donors (Lipinski definition) is 2. The molecule has 0 bridgehead atoms. The molecule has 132 valence electrons. The molecule has 3 aromatic heterocycles. The van der Waals surface area contributed by atoms with Gasteiger partial charge in [0, 0.05) is 10.9 Å². The smallest absolute Gasteiger partial charge is 0.243 e. The Bertz CT molecular complexity index is 875. The van der Waals surface area contributed by atoms with Crippen LogP contribution < -0.4 is 11.1 Å². The van der Waals surface area contributed by atoms with Gasteiger partial charge in [0.1, 0.15) is 10.1 Å². The number of halogens is 2. The van der Waals surface area contributed by atoms with E-state index in [9.17, 15) is 0 Å².